The van der Waals surface area contributed by atoms with Crippen LogP contribution in [0.1, 0.15) is 50.4 Å². The van der Waals surface area contributed by atoms with Crippen LogP contribution in [-0.4, -0.2) is 55.8 Å². The van der Waals surface area contributed by atoms with E-state index >= 15 is 0 Å². The molecular formula is C21H31ClN2O3. The molecule has 2 fully saturated rings. The van der Waals surface area contributed by atoms with Gasteiger partial charge in [-0.2, -0.15) is 0 Å². The first-order valence-electron chi connectivity index (χ1n) is 9.87. The van der Waals surface area contributed by atoms with Crippen molar-refractivity contribution in [3.05, 3.63) is 28.8 Å². The Kier molecular flexibility index (Phi) is 6.66. The van der Waals surface area contributed by atoms with Crippen molar-refractivity contribution in [2.45, 2.75) is 52.2 Å². The van der Waals surface area contributed by atoms with Gasteiger partial charge in [0.15, 0.2) is 0 Å². The number of amides is 1. The lowest BCUT2D eigenvalue weighted by molar-refractivity contribution is 0.0811. The van der Waals surface area contributed by atoms with Crippen molar-refractivity contribution in [1.29, 1.82) is 0 Å². The van der Waals surface area contributed by atoms with Gasteiger partial charge in [-0.05, 0) is 42.9 Å². The Labute approximate surface area is 167 Å². The maximum Gasteiger partial charge on any atom is 0.251 e. The predicted molar refractivity (Wildman–Crippen MR) is 108 cm³/mol. The lowest BCUT2D eigenvalue weighted by Crippen LogP contribution is -2.42. The standard InChI is InChI=1S/C21H31ClN2O3/c1-21(2,3)14-24-9-6-17(7-10-24)27-19-5-4-15(12-18(19)22)20(25)23-16-8-11-26-13-16/h4-5,12,16-17H,6-11,13-14H2,1-3H3,(H,23,25). The van der Waals surface area contributed by atoms with Crippen LogP contribution < -0.4 is 10.1 Å². The lowest BCUT2D eigenvalue weighted by atomic mass is 9.94. The van der Waals surface area contributed by atoms with Gasteiger partial charge in [-0.15, -0.1) is 0 Å². The first-order chi connectivity index (χ1) is 12.8. The number of carbonyl (C=O) groups excluding carboxylic acids is 1. The van der Waals surface area contributed by atoms with Gasteiger partial charge in [-0.25, -0.2) is 0 Å². The van der Waals surface area contributed by atoms with Crippen LogP contribution >= 0.6 is 11.6 Å². The number of nitrogens with one attached hydrogen (secondary N) is 1. The zero-order valence-corrected chi connectivity index (χ0v) is 17.3. The summed E-state index contributed by atoms with van der Waals surface area (Å²) >= 11 is 6.39. The Balaban J connectivity index is 1.51. The van der Waals surface area contributed by atoms with Crippen molar-refractivity contribution in [3.63, 3.8) is 0 Å². The molecule has 2 heterocycles. The van der Waals surface area contributed by atoms with E-state index in [0.29, 0.717) is 35.0 Å². The highest BCUT2D eigenvalue weighted by atomic mass is 35.5. The molecule has 0 saturated carbocycles. The van der Waals surface area contributed by atoms with Crippen molar-refractivity contribution in [2.75, 3.05) is 32.8 Å². The van der Waals surface area contributed by atoms with Crippen molar-refractivity contribution in [1.82, 2.24) is 10.2 Å². The summed E-state index contributed by atoms with van der Waals surface area (Å²) in [7, 11) is 0. The Morgan fingerprint density at radius 3 is 2.63 bits per heavy atom. The fourth-order valence-corrected chi connectivity index (χ4v) is 3.92. The second kappa shape index (κ2) is 8.80. The summed E-state index contributed by atoms with van der Waals surface area (Å²) in [6.07, 6.45) is 3.02. The summed E-state index contributed by atoms with van der Waals surface area (Å²) in [4.78, 5) is 14.8. The minimum atomic E-state index is -0.116. The average Bonchev–Trinajstić information content (AvgIpc) is 3.10. The molecule has 27 heavy (non-hydrogen) atoms. The molecule has 0 aliphatic carbocycles. The third-order valence-corrected chi connectivity index (χ3v) is 5.28. The van der Waals surface area contributed by atoms with Gasteiger partial charge in [0.05, 0.1) is 17.7 Å². The zero-order chi connectivity index (χ0) is 19.4. The molecule has 1 aromatic carbocycles. The summed E-state index contributed by atoms with van der Waals surface area (Å²) < 4.78 is 11.4. The van der Waals surface area contributed by atoms with Gasteiger partial charge in [-0.1, -0.05) is 32.4 Å². The molecular weight excluding hydrogens is 364 g/mol. The van der Waals surface area contributed by atoms with E-state index in [1.807, 2.05) is 6.07 Å². The number of hydrogen-bond acceptors (Lipinski definition) is 4. The third kappa shape index (κ3) is 6.09. The minimum absolute atomic E-state index is 0.0884. The highest BCUT2D eigenvalue weighted by Gasteiger charge is 2.25. The molecule has 2 aliphatic heterocycles. The fourth-order valence-electron chi connectivity index (χ4n) is 3.69. The van der Waals surface area contributed by atoms with Gasteiger partial charge in [-0.3, -0.25) is 4.79 Å². The Hall–Kier alpha value is -1.30. The molecule has 6 heteroatoms. The molecule has 2 saturated heterocycles. The monoisotopic (exact) mass is 394 g/mol. The van der Waals surface area contributed by atoms with E-state index in [1.54, 1.807) is 12.1 Å². The van der Waals surface area contributed by atoms with E-state index in [0.717, 1.165) is 38.9 Å². The minimum Gasteiger partial charge on any atom is -0.489 e. The number of ether oxygens (including phenoxy) is 2. The summed E-state index contributed by atoms with van der Waals surface area (Å²) in [6, 6.07) is 5.37. The van der Waals surface area contributed by atoms with Gasteiger partial charge in [0.25, 0.3) is 5.91 Å². The largest absolute Gasteiger partial charge is 0.489 e. The van der Waals surface area contributed by atoms with Crippen LogP contribution in [0, 0.1) is 5.41 Å². The first-order valence-corrected chi connectivity index (χ1v) is 10.3. The molecule has 150 valence electrons. The quantitative estimate of drug-likeness (QED) is 0.826. The number of benzene rings is 1. The molecule has 1 atom stereocenters. The van der Waals surface area contributed by atoms with E-state index in [2.05, 4.69) is 31.0 Å². The van der Waals surface area contributed by atoms with Crippen molar-refractivity contribution in [2.24, 2.45) is 5.41 Å². The molecule has 5 nitrogen and oxygen atoms in total. The van der Waals surface area contributed by atoms with Gasteiger partial charge < -0.3 is 19.7 Å². The van der Waals surface area contributed by atoms with Crippen molar-refractivity contribution >= 4 is 17.5 Å². The first kappa shape index (κ1) is 20.4. The third-order valence-electron chi connectivity index (χ3n) is 4.99. The molecule has 1 unspecified atom stereocenters. The van der Waals surface area contributed by atoms with Crippen molar-refractivity contribution in [3.8, 4) is 5.75 Å². The van der Waals surface area contributed by atoms with Crippen molar-refractivity contribution < 1.29 is 14.3 Å². The molecule has 3 rings (SSSR count). The number of likely N-dealkylation sites (tertiary alicyclic amines) is 1. The van der Waals surface area contributed by atoms with Gasteiger partial charge >= 0.3 is 0 Å². The molecule has 2 aliphatic rings. The molecule has 1 N–H and O–H groups in total. The number of rotatable bonds is 5. The van der Waals surface area contributed by atoms with Gasteiger partial charge in [0.2, 0.25) is 0 Å². The van der Waals surface area contributed by atoms with E-state index in [4.69, 9.17) is 21.1 Å². The van der Waals surface area contributed by atoms with Crippen LogP contribution in [0.5, 0.6) is 5.75 Å². The fraction of sp³-hybridized carbons (Fsp3) is 0.667. The van der Waals surface area contributed by atoms with E-state index in [1.165, 1.54) is 0 Å². The van der Waals surface area contributed by atoms with Gasteiger partial charge in [0, 0.05) is 31.8 Å². The van der Waals surface area contributed by atoms with Crippen LogP contribution in [-0.2, 0) is 4.74 Å². The highest BCUT2D eigenvalue weighted by Crippen LogP contribution is 2.29. The van der Waals surface area contributed by atoms with Crippen LogP contribution in [0.25, 0.3) is 0 Å². The lowest BCUT2D eigenvalue weighted by Gasteiger charge is -2.36. The molecule has 1 aromatic rings. The normalized spacial score (nSPS) is 22.0. The second-order valence-electron chi connectivity index (χ2n) is 8.83. The van der Waals surface area contributed by atoms with Crippen LogP contribution in [0.4, 0.5) is 0 Å². The Bertz CT molecular complexity index is 645. The molecule has 0 bridgehead atoms. The van der Waals surface area contributed by atoms with E-state index in [-0.39, 0.29) is 18.1 Å². The maximum atomic E-state index is 12.3. The number of carbonyl (C=O) groups is 1. The second-order valence-corrected chi connectivity index (χ2v) is 9.24. The average molecular weight is 395 g/mol. The number of piperidine rings is 1. The molecule has 0 aromatic heterocycles. The Morgan fingerprint density at radius 1 is 1.30 bits per heavy atom. The van der Waals surface area contributed by atoms with Gasteiger partial charge in [0.1, 0.15) is 11.9 Å². The molecule has 1 amide bonds. The van der Waals surface area contributed by atoms with E-state index in [9.17, 15) is 4.79 Å². The SMILES string of the molecule is CC(C)(C)CN1CCC(Oc2ccc(C(=O)NC3CCOC3)cc2Cl)CC1. The maximum absolute atomic E-state index is 12.3. The smallest absolute Gasteiger partial charge is 0.251 e. The molecule has 0 radical (unpaired) electrons. The number of nitrogens with zero attached hydrogens (tertiary/aromatic N) is 1. The van der Waals surface area contributed by atoms with E-state index < -0.39 is 0 Å². The highest BCUT2D eigenvalue weighted by molar-refractivity contribution is 6.32. The Morgan fingerprint density at radius 2 is 2.04 bits per heavy atom. The number of hydrogen-bond donors (Lipinski definition) is 1. The summed E-state index contributed by atoms with van der Waals surface area (Å²) in [5.74, 6) is 0.543. The van der Waals surface area contributed by atoms with Crippen LogP contribution in [0.2, 0.25) is 5.02 Å². The molecule has 0 spiro atoms. The van der Waals surface area contributed by atoms with Crippen LogP contribution in [0.3, 0.4) is 0 Å². The zero-order valence-electron chi connectivity index (χ0n) is 16.6. The van der Waals surface area contributed by atoms with Crippen LogP contribution in [0.15, 0.2) is 18.2 Å². The topological polar surface area (TPSA) is 50.8 Å². The summed E-state index contributed by atoms with van der Waals surface area (Å²) in [5, 5.41) is 3.47. The predicted octanol–water partition coefficient (Wildman–Crippen LogP) is 3.75. The number of halogens is 1. The summed E-state index contributed by atoms with van der Waals surface area (Å²) in [6.45, 7) is 11.3. The summed E-state index contributed by atoms with van der Waals surface area (Å²) in [5.41, 5.74) is 0.872.